The summed E-state index contributed by atoms with van der Waals surface area (Å²) in [6.07, 6.45) is -1.62. The maximum Gasteiger partial charge on any atom is 0.264 e. The summed E-state index contributed by atoms with van der Waals surface area (Å²) in [5.41, 5.74) is 1.67. The third-order valence-corrected chi connectivity index (χ3v) is 8.19. The van der Waals surface area contributed by atoms with Crippen LogP contribution in [0.2, 0.25) is 0 Å². The Morgan fingerprint density at radius 1 is 0.634 bits per heavy atom. The van der Waals surface area contributed by atoms with Crippen LogP contribution in [0.1, 0.15) is 25.0 Å². The highest BCUT2D eigenvalue weighted by Crippen LogP contribution is 2.37. The zero-order chi connectivity index (χ0) is 29.4. The second-order valence-electron chi connectivity index (χ2n) is 11.0. The van der Waals surface area contributed by atoms with E-state index < -0.39 is 50.4 Å². The number of fused-ring (bicyclic) bond motifs is 2. The van der Waals surface area contributed by atoms with Crippen molar-refractivity contribution in [3.05, 3.63) is 96.1 Å². The number of hydrogen-bond donors (Lipinski definition) is 0. The van der Waals surface area contributed by atoms with Crippen molar-refractivity contribution in [2.75, 3.05) is 12.5 Å². The summed E-state index contributed by atoms with van der Waals surface area (Å²) in [6, 6.07) is 27.4. The van der Waals surface area contributed by atoms with Crippen LogP contribution in [0.5, 0.6) is 0 Å². The number of hydrogen-bond acceptors (Lipinski definition) is 8. The molecular formula is C31H34O8S2. The second-order valence-corrected chi connectivity index (χ2v) is 14.2. The van der Waals surface area contributed by atoms with E-state index in [1.807, 2.05) is 84.9 Å². The number of rotatable bonds is 10. The summed E-state index contributed by atoms with van der Waals surface area (Å²) < 4.78 is 73.5. The van der Waals surface area contributed by atoms with E-state index in [0.29, 0.717) is 0 Å². The molecule has 8 nitrogen and oxygen atoms in total. The van der Waals surface area contributed by atoms with E-state index in [-0.39, 0.29) is 12.8 Å². The van der Waals surface area contributed by atoms with Crippen molar-refractivity contribution >= 4 is 41.8 Å². The van der Waals surface area contributed by atoms with Crippen LogP contribution in [0.25, 0.3) is 21.5 Å². The Balaban J connectivity index is 1.51. The Kier molecular flexibility index (Phi) is 8.26. The summed E-state index contributed by atoms with van der Waals surface area (Å²) in [5.74, 6) is -1.15. The maximum absolute atomic E-state index is 12.4. The van der Waals surface area contributed by atoms with Gasteiger partial charge in [-0.3, -0.25) is 8.37 Å². The standard InChI is InChI=1S/C31H34O8S2/c1-31(2)36-29(27(38-40(3,32)33)19-21-13-15-23-9-5-7-11-25(23)17-21)30(37-31)28(39-41(4,34)35)20-22-14-16-24-10-6-8-12-26(24)18-22/h5-18,27-30H,19-20H2,1-4H3/t27-,28-,29+,30+/m1/s1. The van der Waals surface area contributed by atoms with Gasteiger partial charge in [-0.1, -0.05) is 84.9 Å². The van der Waals surface area contributed by atoms with Crippen LogP contribution in [0.3, 0.4) is 0 Å². The molecule has 5 rings (SSSR count). The van der Waals surface area contributed by atoms with Gasteiger partial charge in [-0.2, -0.15) is 16.8 Å². The minimum absolute atomic E-state index is 0.181. The van der Waals surface area contributed by atoms with Crippen molar-refractivity contribution in [1.29, 1.82) is 0 Å². The lowest BCUT2D eigenvalue weighted by Gasteiger charge is -2.30. The molecule has 0 aromatic heterocycles. The van der Waals surface area contributed by atoms with Crippen molar-refractivity contribution in [2.24, 2.45) is 0 Å². The molecule has 41 heavy (non-hydrogen) atoms. The summed E-state index contributed by atoms with van der Waals surface area (Å²) in [5, 5.41) is 4.10. The van der Waals surface area contributed by atoms with E-state index in [9.17, 15) is 16.8 Å². The summed E-state index contributed by atoms with van der Waals surface area (Å²) in [7, 11) is -7.85. The van der Waals surface area contributed by atoms with Crippen molar-refractivity contribution < 1.29 is 34.7 Å². The van der Waals surface area contributed by atoms with E-state index in [2.05, 4.69) is 0 Å². The first-order valence-electron chi connectivity index (χ1n) is 13.3. The topological polar surface area (TPSA) is 105 Å². The van der Waals surface area contributed by atoms with E-state index in [1.54, 1.807) is 13.8 Å². The Morgan fingerprint density at radius 2 is 1.00 bits per heavy atom. The summed E-state index contributed by atoms with van der Waals surface area (Å²) in [4.78, 5) is 0. The van der Waals surface area contributed by atoms with E-state index in [0.717, 1.165) is 45.2 Å². The van der Waals surface area contributed by atoms with Crippen LogP contribution in [0, 0.1) is 0 Å². The van der Waals surface area contributed by atoms with Gasteiger partial charge < -0.3 is 9.47 Å². The molecule has 4 atom stereocenters. The molecule has 1 fully saturated rings. The lowest BCUT2D eigenvalue weighted by molar-refractivity contribution is -0.158. The SMILES string of the molecule is CC1(C)O[C@@H]([C@@H](Cc2ccc3ccccc3c2)OS(C)(=O)=O)[C@H]([C@@H](Cc2ccc3ccccc3c2)OS(C)(=O)=O)O1. The third-order valence-electron chi connectivity index (χ3n) is 6.99. The normalized spacial score (nSPS) is 20.8. The van der Waals surface area contributed by atoms with Crippen molar-refractivity contribution in [3.63, 3.8) is 0 Å². The molecule has 0 N–H and O–H groups in total. The molecule has 4 aromatic carbocycles. The Hall–Kier alpha value is -2.86. The summed E-state index contributed by atoms with van der Waals surface area (Å²) in [6.45, 7) is 3.39. The third kappa shape index (κ3) is 7.71. The van der Waals surface area contributed by atoms with Crippen LogP contribution >= 0.6 is 0 Å². The molecule has 4 aromatic rings. The Morgan fingerprint density at radius 3 is 1.37 bits per heavy atom. The molecule has 1 saturated heterocycles. The van der Waals surface area contributed by atoms with Crippen molar-refractivity contribution in [2.45, 2.75) is 56.9 Å². The van der Waals surface area contributed by atoms with E-state index >= 15 is 0 Å². The van der Waals surface area contributed by atoms with Gasteiger partial charge in [0.1, 0.15) is 24.4 Å². The van der Waals surface area contributed by atoms with Gasteiger partial charge in [-0.25, -0.2) is 0 Å². The quantitative estimate of drug-likeness (QED) is 0.235. The fourth-order valence-electron chi connectivity index (χ4n) is 5.45. The van der Waals surface area contributed by atoms with Gasteiger partial charge in [0, 0.05) is 12.8 Å². The highest BCUT2D eigenvalue weighted by atomic mass is 32.2. The average Bonchev–Trinajstić information content (AvgIpc) is 3.22. The minimum atomic E-state index is -3.92. The fourth-order valence-corrected chi connectivity index (χ4v) is 6.70. The smallest absolute Gasteiger partial charge is 0.264 e. The molecular weight excluding hydrogens is 564 g/mol. The van der Waals surface area contributed by atoms with Crippen molar-refractivity contribution in [3.8, 4) is 0 Å². The van der Waals surface area contributed by atoms with Crippen LogP contribution in [-0.4, -0.2) is 59.6 Å². The van der Waals surface area contributed by atoms with Crippen LogP contribution in [0.4, 0.5) is 0 Å². The van der Waals surface area contributed by atoms with Gasteiger partial charge in [0.05, 0.1) is 12.5 Å². The fraction of sp³-hybridized carbons (Fsp3) is 0.355. The molecule has 0 bridgehead atoms. The molecule has 0 radical (unpaired) electrons. The zero-order valence-corrected chi connectivity index (χ0v) is 25.0. The molecule has 0 spiro atoms. The van der Waals surface area contributed by atoms with E-state index in [1.165, 1.54) is 0 Å². The number of benzene rings is 4. The molecule has 0 aliphatic carbocycles. The predicted molar refractivity (Wildman–Crippen MR) is 159 cm³/mol. The van der Waals surface area contributed by atoms with E-state index in [4.69, 9.17) is 17.8 Å². The van der Waals surface area contributed by atoms with Gasteiger partial charge in [0.25, 0.3) is 20.2 Å². The van der Waals surface area contributed by atoms with Gasteiger partial charge in [0.2, 0.25) is 0 Å². The molecule has 1 heterocycles. The van der Waals surface area contributed by atoms with Gasteiger partial charge in [-0.05, 0) is 46.5 Å². The zero-order valence-electron chi connectivity index (χ0n) is 23.4. The molecule has 10 heteroatoms. The Bertz CT molecular complexity index is 1640. The molecule has 218 valence electrons. The average molecular weight is 599 g/mol. The van der Waals surface area contributed by atoms with Crippen LogP contribution < -0.4 is 0 Å². The Labute approximate surface area is 241 Å². The van der Waals surface area contributed by atoms with Gasteiger partial charge in [-0.15, -0.1) is 0 Å². The minimum Gasteiger partial charge on any atom is -0.342 e. The monoisotopic (exact) mass is 598 g/mol. The van der Waals surface area contributed by atoms with Gasteiger partial charge >= 0.3 is 0 Å². The van der Waals surface area contributed by atoms with Gasteiger partial charge in [0.15, 0.2) is 5.79 Å². The first-order chi connectivity index (χ1) is 19.2. The number of ether oxygens (including phenoxy) is 2. The van der Waals surface area contributed by atoms with Crippen LogP contribution in [-0.2, 0) is 50.9 Å². The lowest BCUT2D eigenvalue weighted by Crippen LogP contribution is -2.47. The maximum atomic E-state index is 12.4. The largest absolute Gasteiger partial charge is 0.342 e. The van der Waals surface area contributed by atoms with Crippen LogP contribution in [0.15, 0.2) is 84.9 Å². The predicted octanol–water partition coefficient (Wildman–Crippen LogP) is 4.99. The molecule has 1 aliphatic rings. The summed E-state index contributed by atoms with van der Waals surface area (Å²) >= 11 is 0. The first-order valence-corrected chi connectivity index (χ1v) is 17.0. The second kappa shape index (κ2) is 11.4. The first kappa shape index (κ1) is 29.6. The highest BCUT2D eigenvalue weighted by molar-refractivity contribution is 7.86. The molecule has 0 amide bonds. The highest BCUT2D eigenvalue weighted by Gasteiger charge is 2.51. The molecule has 1 aliphatic heterocycles. The molecule has 0 unspecified atom stereocenters. The lowest BCUT2D eigenvalue weighted by atomic mass is 9.93. The van der Waals surface area contributed by atoms with Crippen molar-refractivity contribution in [1.82, 2.24) is 0 Å². The molecule has 0 saturated carbocycles.